The van der Waals surface area contributed by atoms with Crippen LogP contribution in [0.3, 0.4) is 0 Å². The molecule has 2 atom stereocenters. The molecule has 2 fully saturated rings. The molecule has 5 aromatic rings. The van der Waals surface area contributed by atoms with E-state index < -0.39 is 0 Å². The number of ether oxygens (including phenoxy) is 1. The van der Waals surface area contributed by atoms with Gasteiger partial charge in [0.15, 0.2) is 0 Å². The summed E-state index contributed by atoms with van der Waals surface area (Å²) in [5.74, 6) is 3.74. The first-order chi connectivity index (χ1) is 18.1. The largest absolute Gasteiger partial charge is 0.457 e. The van der Waals surface area contributed by atoms with Crippen LogP contribution in [-0.2, 0) is 0 Å². The monoisotopic (exact) mass is 492 g/mol. The van der Waals surface area contributed by atoms with Gasteiger partial charge in [-0.2, -0.15) is 0 Å². The summed E-state index contributed by atoms with van der Waals surface area (Å²) in [6, 6.07) is 21.6. The second-order valence-corrected chi connectivity index (χ2v) is 10.6. The van der Waals surface area contributed by atoms with Crippen LogP contribution in [0.25, 0.3) is 33.2 Å². The average Bonchev–Trinajstić information content (AvgIpc) is 3.69. The first-order valence-corrected chi connectivity index (χ1v) is 13.3. The summed E-state index contributed by atoms with van der Waals surface area (Å²) in [5.41, 5.74) is 6.42. The fourth-order valence-corrected chi connectivity index (χ4v) is 5.96. The van der Waals surface area contributed by atoms with Crippen LogP contribution in [0.15, 0.2) is 60.7 Å². The van der Waals surface area contributed by atoms with E-state index in [2.05, 4.69) is 64.2 Å². The molecule has 0 saturated carbocycles. The minimum absolute atomic E-state index is 0.376. The van der Waals surface area contributed by atoms with Crippen molar-refractivity contribution >= 4 is 22.1 Å². The van der Waals surface area contributed by atoms with Crippen LogP contribution < -0.4 is 4.74 Å². The predicted molar refractivity (Wildman–Crippen MR) is 147 cm³/mol. The van der Waals surface area contributed by atoms with Gasteiger partial charge in [0.25, 0.3) is 0 Å². The maximum Gasteiger partial charge on any atom is 0.129 e. The summed E-state index contributed by atoms with van der Waals surface area (Å²) >= 11 is 0. The van der Waals surface area contributed by atoms with Gasteiger partial charge in [0.05, 0.1) is 34.2 Å². The van der Waals surface area contributed by atoms with Gasteiger partial charge in [-0.05, 0) is 100 Å². The van der Waals surface area contributed by atoms with Crippen molar-refractivity contribution in [3.05, 3.63) is 72.3 Å². The van der Waals surface area contributed by atoms with E-state index in [4.69, 9.17) is 14.7 Å². The molecule has 2 aromatic heterocycles. The summed E-state index contributed by atoms with van der Waals surface area (Å²) in [6.07, 6.45) is 4.76. The van der Waals surface area contributed by atoms with Gasteiger partial charge in [0, 0.05) is 6.07 Å². The molecular weight excluding hydrogens is 460 g/mol. The molecule has 2 N–H and O–H groups in total. The lowest BCUT2D eigenvalue weighted by Gasteiger charge is -2.16. The van der Waals surface area contributed by atoms with Crippen molar-refractivity contribution in [1.82, 2.24) is 29.7 Å². The van der Waals surface area contributed by atoms with E-state index in [1.165, 1.54) is 12.8 Å². The zero-order chi connectivity index (χ0) is 24.9. The molecule has 0 radical (unpaired) electrons. The van der Waals surface area contributed by atoms with Crippen LogP contribution in [0.5, 0.6) is 11.5 Å². The molecule has 188 valence electrons. The maximum absolute atomic E-state index is 6.19. The Balaban J connectivity index is 1.09. The summed E-state index contributed by atoms with van der Waals surface area (Å²) in [5, 5.41) is 0. The van der Waals surface area contributed by atoms with E-state index >= 15 is 0 Å². The number of fused-ring (bicyclic) bond motifs is 2. The lowest BCUT2D eigenvalue weighted by molar-refractivity contribution is 0.307. The second kappa shape index (κ2) is 9.01. The van der Waals surface area contributed by atoms with E-state index in [0.29, 0.717) is 12.1 Å². The Labute approximate surface area is 216 Å². The molecule has 0 spiro atoms. The third-order valence-corrected chi connectivity index (χ3v) is 8.07. The zero-order valence-electron chi connectivity index (χ0n) is 21.4. The highest BCUT2D eigenvalue weighted by molar-refractivity contribution is 5.82. The van der Waals surface area contributed by atoms with Crippen molar-refractivity contribution in [2.75, 3.05) is 27.2 Å². The van der Waals surface area contributed by atoms with Crippen molar-refractivity contribution in [3.63, 3.8) is 0 Å². The second-order valence-electron chi connectivity index (χ2n) is 10.6. The molecule has 7 heteroatoms. The quantitative estimate of drug-likeness (QED) is 0.296. The van der Waals surface area contributed by atoms with Gasteiger partial charge in [-0.25, -0.2) is 9.97 Å². The minimum atomic E-state index is 0.376. The molecule has 37 heavy (non-hydrogen) atoms. The van der Waals surface area contributed by atoms with Crippen molar-refractivity contribution < 1.29 is 4.74 Å². The average molecular weight is 493 g/mol. The van der Waals surface area contributed by atoms with Crippen LogP contribution in [0, 0.1) is 0 Å². The summed E-state index contributed by atoms with van der Waals surface area (Å²) in [6.45, 7) is 2.26. The minimum Gasteiger partial charge on any atom is -0.457 e. The number of rotatable bonds is 5. The van der Waals surface area contributed by atoms with Crippen molar-refractivity contribution in [2.45, 2.75) is 37.8 Å². The number of H-pyrrole nitrogens is 2. The van der Waals surface area contributed by atoms with Crippen LogP contribution in [-0.4, -0.2) is 56.9 Å². The van der Waals surface area contributed by atoms with Crippen molar-refractivity contribution in [3.8, 4) is 22.6 Å². The van der Waals surface area contributed by atoms with E-state index in [-0.39, 0.29) is 0 Å². The third kappa shape index (κ3) is 4.18. The lowest BCUT2D eigenvalue weighted by Crippen LogP contribution is -2.18. The standard InChI is InChI=1S/C30H32N6O/c1-35-15-3-5-27(35)29-31-23-13-9-20(17-25(23)33-29)19-7-10-21(11-8-19)37-22-12-14-24-26(18-22)34-30(32-24)28-6-4-16-36(28)2/h7-14,17-18,27-28H,3-6,15-16H2,1-2H3,(H,31,33)(H,32,34)/t27-,28-/m0/s1. The van der Waals surface area contributed by atoms with Gasteiger partial charge in [0.1, 0.15) is 23.1 Å². The topological polar surface area (TPSA) is 73.1 Å². The van der Waals surface area contributed by atoms with Gasteiger partial charge in [-0.1, -0.05) is 18.2 Å². The SMILES string of the molecule is CN1CCC[C@H]1c1nc2ccc(Oc3ccc(-c4ccc5nc([C@@H]6CCCN6C)[nH]c5c4)cc3)cc2[nH]1. The Morgan fingerprint density at radius 2 is 1.22 bits per heavy atom. The molecule has 0 aliphatic carbocycles. The van der Waals surface area contributed by atoms with E-state index in [1.54, 1.807) is 0 Å². The molecular formula is C30H32N6O. The molecule has 0 unspecified atom stereocenters. The van der Waals surface area contributed by atoms with Crippen molar-refractivity contribution in [1.29, 1.82) is 0 Å². The summed E-state index contributed by atoms with van der Waals surface area (Å²) < 4.78 is 6.19. The molecule has 7 rings (SSSR count). The Kier molecular flexibility index (Phi) is 5.48. The molecule has 2 saturated heterocycles. The van der Waals surface area contributed by atoms with Crippen LogP contribution in [0.1, 0.15) is 49.4 Å². The number of hydrogen-bond donors (Lipinski definition) is 2. The number of likely N-dealkylation sites (tertiary alicyclic amines) is 2. The van der Waals surface area contributed by atoms with Crippen LogP contribution >= 0.6 is 0 Å². The Bertz CT molecular complexity index is 1570. The normalized spacial score (nSPS) is 20.9. The molecule has 2 aliphatic heterocycles. The number of benzene rings is 3. The molecule has 0 amide bonds. The van der Waals surface area contributed by atoms with Gasteiger partial charge < -0.3 is 14.7 Å². The molecule has 0 bridgehead atoms. The van der Waals surface area contributed by atoms with Crippen LogP contribution in [0.2, 0.25) is 0 Å². The highest BCUT2D eigenvalue weighted by Gasteiger charge is 2.26. The van der Waals surface area contributed by atoms with Crippen LogP contribution in [0.4, 0.5) is 0 Å². The number of nitrogens with one attached hydrogen (secondary N) is 2. The highest BCUT2D eigenvalue weighted by atomic mass is 16.5. The van der Waals surface area contributed by atoms with Gasteiger partial charge in [-0.3, -0.25) is 9.80 Å². The van der Waals surface area contributed by atoms with Crippen molar-refractivity contribution in [2.24, 2.45) is 0 Å². The fourth-order valence-electron chi connectivity index (χ4n) is 5.96. The zero-order valence-corrected chi connectivity index (χ0v) is 21.4. The van der Waals surface area contributed by atoms with Gasteiger partial charge in [0.2, 0.25) is 0 Å². The Morgan fingerprint density at radius 1 is 0.676 bits per heavy atom. The number of aromatic nitrogens is 4. The maximum atomic E-state index is 6.19. The molecule has 7 nitrogen and oxygen atoms in total. The van der Waals surface area contributed by atoms with Gasteiger partial charge >= 0.3 is 0 Å². The molecule has 2 aliphatic rings. The highest BCUT2D eigenvalue weighted by Crippen LogP contribution is 2.33. The molecule has 4 heterocycles. The summed E-state index contributed by atoms with van der Waals surface area (Å²) in [7, 11) is 4.35. The Hall–Kier alpha value is -3.68. The first-order valence-electron chi connectivity index (χ1n) is 13.3. The van der Waals surface area contributed by atoms with E-state index in [9.17, 15) is 0 Å². The summed E-state index contributed by atoms with van der Waals surface area (Å²) in [4.78, 5) is 21.5. The number of imidazole rings is 2. The Morgan fingerprint density at radius 3 is 1.81 bits per heavy atom. The third-order valence-electron chi connectivity index (χ3n) is 8.07. The van der Waals surface area contributed by atoms with E-state index in [1.807, 2.05) is 30.3 Å². The smallest absolute Gasteiger partial charge is 0.129 e. The van der Waals surface area contributed by atoms with E-state index in [0.717, 1.165) is 82.3 Å². The number of aromatic amines is 2. The number of nitrogens with zero attached hydrogens (tertiary/aromatic N) is 4. The first kappa shape index (κ1) is 22.5. The lowest BCUT2D eigenvalue weighted by atomic mass is 10.1. The molecule has 3 aromatic carbocycles. The number of hydrogen-bond acceptors (Lipinski definition) is 5. The predicted octanol–water partition coefficient (Wildman–Crippen LogP) is 6.43. The van der Waals surface area contributed by atoms with Gasteiger partial charge in [-0.15, -0.1) is 0 Å². The fraction of sp³-hybridized carbons (Fsp3) is 0.333.